The molecule has 1 aromatic carbocycles. The highest BCUT2D eigenvalue weighted by molar-refractivity contribution is 5.94. The van der Waals surface area contributed by atoms with Crippen molar-refractivity contribution in [3.63, 3.8) is 0 Å². The standard InChI is InChI=1S/C16H23F2N3O2/c1-20-9-11-21(12-10-20)8-2-7-19-15(22)13-3-5-14(6-4-13)23-16(17)18/h3-6,16H,2,7-12H2,1H3,(H,19,22). The fraction of sp³-hybridized carbons (Fsp3) is 0.562. The molecule has 1 N–H and O–H groups in total. The van der Waals surface area contributed by atoms with Gasteiger partial charge in [0.05, 0.1) is 0 Å². The molecule has 0 radical (unpaired) electrons. The Morgan fingerprint density at radius 3 is 2.48 bits per heavy atom. The van der Waals surface area contributed by atoms with E-state index in [0.717, 1.165) is 39.1 Å². The van der Waals surface area contributed by atoms with Crippen molar-refractivity contribution >= 4 is 5.91 Å². The number of nitrogens with zero attached hydrogens (tertiary/aromatic N) is 2. The maximum atomic E-state index is 12.1. The highest BCUT2D eigenvalue weighted by atomic mass is 19.3. The van der Waals surface area contributed by atoms with Crippen LogP contribution in [0.15, 0.2) is 24.3 Å². The lowest BCUT2D eigenvalue weighted by atomic mass is 10.2. The third kappa shape index (κ3) is 6.11. The first-order valence-corrected chi connectivity index (χ1v) is 7.78. The van der Waals surface area contributed by atoms with Gasteiger partial charge in [-0.15, -0.1) is 0 Å². The van der Waals surface area contributed by atoms with E-state index < -0.39 is 6.61 Å². The molecule has 128 valence electrons. The van der Waals surface area contributed by atoms with E-state index in [1.165, 1.54) is 24.3 Å². The number of carbonyl (C=O) groups is 1. The van der Waals surface area contributed by atoms with Crippen LogP contribution in [0.4, 0.5) is 8.78 Å². The quantitative estimate of drug-likeness (QED) is 0.774. The van der Waals surface area contributed by atoms with Crippen molar-refractivity contribution in [3.05, 3.63) is 29.8 Å². The SMILES string of the molecule is CN1CCN(CCCNC(=O)c2ccc(OC(F)F)cc2)CC1. The van der Waals surface area contributed by atoms with E-state index in [-0.39, 0.29) is 11.7 Å². The lowest BCUT2D eigenvalue weighted by Gasteiger charge is -2.32. The molecule has 0 spiro atoms. The average molecular weight is 327 g/mol. The second-order valence-corrected chi connectivity index (χ2v) is 5.66. The van der Waals surface area contributed by atoms with E-state index in [1.54, 1.807) is 0 Å². The minimum Gasteiger partial charge on any atom is -0.435 e. The van der Waals surface area contributed by atoms with Gasteiger partial charge in [0, 0.05) is 38.3 Å². The lowest BCUT2D eigenvalue weighted by Crippen LogP contribution is -2.45. The molecule has 1 aliphatic rings. The molecule has 1 heterocycles. The van der Waals surface area contributed by atoms with Crippen LogP contribution in [-0.4, -0.2) is 68.6 Å². The molecule has 1 aromatic rings. The molecule has 2 rings (SSSR count). The summed E-state index contributed by atoms with van der Waals surface area (Å²) >= 11 is 0. The third-order valence-corrected chi connectivity index (χ3v) is 3.87. The van der Waals surface area contributed by atoms with Crippen LogP contribution < -0.4 is 10.1 Å². The van der Waals surface area contributed by atoms with Crippen LogP contribution in [0.2, 0.25) is 0 Å². The molecule has 1 fully saturated rings. The lowest BCUT2D eigenvalue weighted by molar-refractivity contribution is -0.0498. The molecule has 0 atom stereocenters. The molecule has 7 heteroatoms. The number of ether oxygens (including phenoxy) is 1. The summed E-state index contributed by atoms with van der Waals surface area (Å²) in [5.41, 5.74) is 0.436. The van der Waals surface area contributed by atoms with Gasteiger partial charge in [0.2, 0.25) is 0 Å². The Balaban J connectivity index is 1.66. The molecule has 23 heavy (non-hydrogen) atoms. The van der Waals surface area contributed by atoms with Crippen LogP contribution in [0.5, 0.6) is 5.75 Å². The maximum absolute atomic E-state index is 12.1. The fourth-order valence-electron chi connectivity index (χ4n) is 2.47. The number of rotatable bonds is 7. The Morgan fingerprint density at radius 2 is 1.87 bits per heavy atom. The van der Waals surface area contributed by atoms with Crippen LogP contribution in [0.3, 0.4) is 0 Å². The summed E-state index contributed by atoms with van der Waals surface area (Å²) in [4.78, 5) is 16.6. The second-order valence-electron chi connectivity index (χ2n) is 5.66. The van der Waals surface area contributed by atoms with Gasteiger partial charge in [-0.05, 0) is 44.3 Å². The average Bonchev–Trinajstić information content (AvgIpc) is 2.53. The van der Waals surface area contributed by atoms with Gasteiger partial charge in [0.25, 0.3) is 5.91 Å². The number of amides is 1. The van der Waals surface area contributed by atoms with Gasteiger partial charge in [-0.1, -0.05) is 0 Å². The van der Waals surface area contributed by atoms with Crippen molar-refractivity contribution < 1.29 is 18.3 Å². The molecule has 5 nitrogen and oxygen atoms in total. The first-order valence-electron chi connectivity index (χ1n) is 7.78. The zero-order valence-electron chi connectivity index (χ0n) is 13.3. The van der Waals surface area contributed by atoms with Crippen molar-refractivity contribution in [1.29, 1.82) is 0 Å². The van der Waals surface area contributed by atoms with Crippen LogP contribution in [0.25, 0.3) is 0 Å². The van der Waals surface area contributed by atoms with Gasteiger partial charge in [0.15, 0.2) is 0 Å². The predicted molar refractivity (Wildman–Crippen MR) is 84.0 cm³/mol. The number of nitrogens with one attached hydrogen (secondary N) is 1. The fourth-order valence-corrected chi connectivity index (χ4v) is 2.47. The summed E-state index contributed by atoms with van der Waals surface area (Å²) < 4.78 is 28.4. The van der Waals surface area contributed by atoms with Gasteiger partial charge in [0.1, 0.15) is 5.75 Å². The van der Waals surface area contributed by atoms with E-state index in [0.29, 0.717) is 12.1 Å². The molecular weight excluding hydrogens is 304 g/mol. The minimum absolute atomic E-state index is 0.0478. The van der Waals surface area contributed by atoms with Crippen LogP contribution in [0.1, 0.15) is 16.8 Å². The van der Waals surface area contributed by atoms with Crippen molar-refractivity contribution in [3.8, 4) is 5.75 Å². The summed E-state index contributed by atoms with van der Waals surface area (Å²) in [5, 5.41) is 2.84. The van der Waals surface area contributed by atoms with Gasteiger partial charge in [-0.3, -0.25) is 4.79 Å². The zero-order valence-corrected chi connectivity index (χ0v) is 13.3. The van der Waals surface area contributed by atoms with E-state index in [2.05, 4.69) is 26.9 Å². The number of alkyl halides is 2. The molecule has 0 bridgehead atoms. The largest absolute Gasteiger partial charge is 0.435 e. The normalized spacial score (nSPS) is 16.5. The van der Waals surface area contributed by atoms with E-state index in [9.17, 15) is 13.6 Å². The summed E-state index contributed by atoms with van der Waals surface area (Å²) in [6.45, 7) is 3.00. The number of carbonyl (C=O) groups excluding carboxylic acids is 1. The van der Waals surface area contributed by atoms with Gasteiger partial charge in [-0.2, -0.15) is 8.78 Å². The highest BCUT2D eigenvalue weighted by Gasteiger charge is 2.13. The van der Waals surface area contributed by atoms with Gasteiger partial charge in [-0.25, -0.2) is 0 Å². The minimum atomic E-state index is -2.86. The number of piperazine rings is 1. The monoisotopic (exact) mass is 327 g/mol. The number of hydrogen-bond acceptors (Lipinski definition) is 4. The molecule has 1 saturated heterocycles. The second kappa shape index (κ2) is 8.79. The highest BCUT2D eigenvalue weighted by Crippen LogP contribution is 2.14. The van der Waals surface area contributed by atoms with E-state index >= 15 is 0 Å². The van der Waals surface area contributed by atoms with Crippen molar-refractivity contribution in [1.82, 2.24) is 15.1 Å². The summed E-state index contributed by atoms with van der Waals surface area (Å²) in [6.07, 6.45) is 0.891. The molecular formula is C16H23F2N3O2. The number of benzene rings is 1. The van der Waals surface area contributed by atoms with Gasteiger partial charge < -0.3 is 19.9 Å². The molecule has 0 aromatic heterocycles. The molecule has 0 unspecified atom stereocenters. The smallest absolute Gasteiger partial charge is 0.387 e. The van der Waals surface area contributed by atoms with E-state index in [4.69, 9.17) is 0 Å². The number of hydrogen-bond donors (Lipinski definition) is 1. The van der Waals surface area contributed by atoms with Crippen molar-refractivity contribution in [2.24, 2.45) is 0 Å². The maximum Gasteiger partial charge on any atom is 0.387 e. The van der Waals surface area contributed by atoms with Crippen LogP contribution in [0, 0.1) is 0 Å². The van der Waals surface area contributed by atoms with Crippen LogP contribution >= 0.6 is 0 Å². The topological polar surface area (TPSA) is 44.8 Å². The first-order chi connectivity index (χ1) is 11.0. The Kier molecular flexibility index (Phi) is 6.73. The van der Waals surface area contributed by atoms with E-state index in [1.807, 2.05) is 0 Å². The van der Waals surface area contributed by atoms with Gasteiger partial charge >= 0.3 is 6.61 Å². The molecule has 1 aliphatic heterocycles. The molecule has 0 saturated carbocycles. The Morgan fingerprint density at radius 1 is 1.22 bits per heavy atom. The summed E-state index contributed by atoms with van der Waals surface area (Å²) in [7, 11) is 2.12. The Hall–Kier alpha value is -1.73. The number of likely N-dealkylation sites (N-methyl/N-ethyl adjacent to an activating group) is 1. The Bertz CT molecular complexity index is 489. The predicted octanol–water partition coefficient (Wildman–Crippen LogP) is 1.66. The first kappa shape index (κ1) is 17.6. The van der Waals surface area contributed by atoms with Crippen LogP contribution in [-0.2, 0) is 0 Å². The van der Waals surface area contributed by atoms with Crippen molar-refractivity contribution in [2.45, 2.75) is 13.0 Å². The molecule has 1 amide bonds. The Labute approximate surface area is 135 Å². The summed E-state index contributed by atoms with van der Waals surface area (Å²) in [5.74, 6) is -0.154. The number of halogens is 2. The third-order valence-electron chi connectivity index (χ3n) is 3.87. The zero-order chi connectivity index (χ0) is 16.7. The summed E-state index contributed by atoms with van der Waals surface area (Å²) in [6, 6.07) is 5.69. The molecule has 0 aliphatic carbocycles. The van der Waals surface area contributed by atoms with Crippen molar-refractivity contribution in [2.75, 3.05) is 46.3 Å².